The minimum Gasteiger partial charge on any atom is -0.466 e. The number of carbonyl (C=O) groups is 2. The van der Waals surface area contributed by atoms with Crippen LogP contribution in [0.15, 0.2) is 59.8 Å². The zero-order chi connectivity index (χ0) is 21.8. The Balaban J connectivity index is 2.07. The highest BCUT2D eigenvalue weighted by Gasteiger charge is 2.37. The van der Waals surface area contributed by atoms with Gasteiger partial charge in [-0.1, -0.05) is 31.2 Å². The number of carbonyl (C=O) groups excluding carboxylic acids is 2. The number of rotatable bonds is 6. The van der Waals surface area contributed by atoms with Crippen LogP contribution in [-0.4, -0.2) is 28.8 Å². The van der Waals surface area contributed by atoms with Crippen LogP contribution in [0.4, 0.5) is 10.1 Å². The summed E-state index contributed by atoms with van der Waals surface area (Å²) in [4.78, 5) is 37.7. The Bertz CT molecular complexity index is 1030. The van der Waals surface area contributed by atoms with E-state index in [1.807, 2.05) is 0 Å². The van der Waals surface area contributed by atoms with Crippen molar-refractivity contribution < 1.29 is 23.6 Å². The first-order chi connectivity index (χ1) is 14.3. The molecule has 30 heavy (non-hydrogen) atoms. The second-order valence-corrected chi connectivity index (χ2v) is 6.92. The van der Waals surface area contributed by atoms with Crippen molar-refractivity contribution in [3.8, 4) is 0 Å². The minimum atomic E-state index is -0.628. The van der Waals surface area contributed by atoms with E-state index in [1.165, 1.54) is 42.3 Å². The number of allylic oxidation sites excluding steroid dienone is 1. The van der Waals surface area contributed by atoms with Crippen molar-refractivity contribution in [3.05, 3.63) is 86.9 Å². The van der Waals surface area contributed by atoms with E-state index in [9.17, 15) is 24.1 Å². The summed E-state index contributed by atoms with van der Waals surface area (Å²) in [6.45, 7) is 1.89. The van der Waals surface area contributed by atoms with Gasteiger partial charge in [-0.15, -0.1) is 0 Å². The maximum atomic E-state index is 13.8. The Morgan fingerprint density at radius 1 is 1.27 bits per heavy atom. The number of hydrogen-bond acceptors (Lipinski definition) is 5. The van der Waals surface area contributed by atoms with E-state index in [4.69, 9.17) is 4.74 Å². The molecule has 1 aliphatic rings. The first-order valence-electron chi connectivity index (χ1n) is 9.46. The molecule has 8 heteroatoms. The first-order valence-corrected chi connectivity index (χ1v) is 9.46. The van der Waals surface area contributed by atoms with Crippen LogP contribution in [0, 0.1) is 15.9 Å². The van der Waals surface area contributed by atoms with Crippen LogP contribution in [0.5, 0.6) is 0 Å². The van der Waals surface area contributed by atoms with Crippen molar-refractivity contribution in [1.29, 1.82) is 0 Å². The smallest absolute Gasteiger partial charge is 0.336 e. The summed E-state index contributed by atoms with van der Waals surface area (Å²) in [5, 5.41) is 11.1. The van der Waals surface area contributed by atoms with Gasteiger partial charge in [-0.2, -0.15) is 0 Å². The van der Waals surface area contributed by atoms with Crippen LogP contribution in [0.2, 0.25) is 0 Å². The van der Waals surface area contributed by atoms with E-state index in [0.717, 1.165) is 0 Å². The van der Waals surface area contributed by atoms with E-state index in [-0.39, 0.29) is 24.6 Å². The SMILES string of the molecule is CCC1=C(C(=O)OC)[C@H](c2cccc(F)c2)CC(=O)N1Cc1cccc([N+](=O)[O-])c1. The number of amides is 1. The van der Waals surface area contributed by atoms with Crippen LogP contribution < -0.4 is 0 Å². The van der Waals surface area contributed by atoms with Crippen LogP contribution in [0.1, 0.15) is 36.8 Å². The van der Waals surface area contributed by atoms with E-state index < -0.39 is 22.6 Å². The zero-order valence-electron chi connectivity index (χ0n) is 16.6. The zero-order valence-corrected chi connectivity index (χ0v) is 16.6. The molecule has 0 aromatic heterocycles. The molecule has 156 valence electrons. The van der Waals surface area contributed by atoms with Gasteiger partial charge in [0, 0.05) is 30.2 Å². The van der Waals surface area contributed by atoms with Gasteiger partial charge in [0.1, 0.15) is 5.82 Å². The number of esters is 1. The van der Waals surface area contributed by atoms with E-state index >= 15 is 0 Å². The van der Waals surface area contributed by atoms with Gasteiger partial charge >= 0.3 is 5.97 Å². The molecule has 0 aliphatic carbocycles. The molecule has 0 saturated heterocycles. The molecule has 2 aromatic rings. The van der Waals surface area contributed by atoms with Crippen molar-refractivity contribution >= 4 is 17.6 Å². The average Bonchev–Trinajstić information content (AvgIpc) is 2.74. The molecule has 7 nitrogen and oxygen atoms in total. The summed E-state index contributed by atoms with van der Waals surface area (Å²) in [5.41, 5.74) is 1.78. The van der Waals surface area contributed by atoms with E-state index in [1.54, 1.807) is 25.1 Å². The average molecular weight is 412 g/mol. The Kier molecular flexibility index (Phi) is 6.25. The molecule has 0 N–H and O–H groups in total. The highest BCUT2D eigenvalue weighted by atomic mass is 19.1. The van der Waals surface area contributed by atoms with Gasteiger partial charge < -0.3 is 9.64 Å². The Morgan fingerprint density at radius 3 is 2.63 bits per heavy atom. The standard InChI is InChI=1S/C22H21FN2O5/c1-3-19-21(22(27)30-2)18(15-7-5-8-16(23)11-15)12-20(26)24(19)13-14-6-4-9-17(10-14)25(28)29/h4-11,18H,3,12-13H2,1-2H3/t18-/m0/s1. The number of ether oxygens (including phenoxy) is 1. The summed E-state index contributed by atoms with van der Waals surface area (Å²) < 4.78 is 18.8. The predicted octanol–water partition coefficient (Wildman–Crippen LogP) is 4.09. The second-order valence-electron chi connectivity index (χ2n) is 6.92. The lowest BCUT2D eigenvalue weighted by atomic mass is 9.82. The highest BCUT2D eigenvalue weighted by molar-refractivity contribution is 5.95. The summed E-state index contributed by atoms with van der Waals surface area (Å²) in [5.74, 6) is -1.92. The van der Waals surface area contributed by atoms with Crippen molar-refractivity contribution in [2.24, 2.45) is 0 Å². The van der Waals surface area contributed by atoms with Gasteiger partial charge in [0.2, 0.25) is 5.91 Å². The maximum absolute atomic E-state index is 13.8. The molecule has 1 aliphatic heterocycles. The van der Waals surface area contributed by atoms with Gasteiger partial charge in [0.05, 0.1) is 24.2 Å². The number of non-ortho nitro benzene ring substituents is 1. The molecule has 0 unspecified atom stereocenters. The largest absolute Gasteiger partial charge is 0.466 e. The molecule has 2 aromatic carbocycles. The summed E-state index contributed by atoms with van der Waals surface area (Å²) >= 11 is 0. The molecule has 1 amide bonds. The lowest BCUT2D eigenvalue weighted by Gasteiger charge is -2.35. The quantitative estimate of drug-likeness (QED) is 0.405. The lowest BCUT2D eigenvalue weighted by molar-refractivity contribution is -0.384. The Morgan fingerprint density at radius 2 is 2.00 bits per heavy atom. The normalized spacial score (nSPS) is 16.6. The summed E-state index contributed by atoms with van der Waals surface area (Å²) in [6.07, 6.45) is 0.323. The van der Waals surface area contributed by atoms with Gasteiger partial charge in [-0.3, -0.25) is 14.9 Å². The maximum Gasteiger partial charge on any atom is 0.336 e. The van der Waals surface area contributed by atoms with Crippen LogP contribution in [0.25, 0.3) is 0 Å². The summed E-state index contributed by atoms with van der Waals surface area (Å²) in [6, 6.07) is 11.8. The molecule has 0 fully saturated rings. The van der Waals surface area contributed by atoms with Crippen LogP contribution in [0.3, 0.4) is 0 Å². The number of nitro groups is 1. The number of nitro benzene ring substituents is 1. The number of halogens is 1. The molecule has 0 radical (unpaired) electrons. The molecular weight excluding hydrogens is 391 g/mol. The third-order valence-electron chi connectivity index (χ3n) is 5.12. The van der Waals surface area contributed by atoms with E-state index in [0.29, 0.717) is 28.8 Å². The third-order valence-corrected chi connectivity index (χ3v) is 5.12. The van der Waals surface area contributed by atoms with Crippen molar-refractivity contribution in [2.45, 2.75) is 32.2 Å². The molecule has 1 heterocycles. The molecule has 1 atom stereocenters. The van der Waals surface area contributed by atoms with Gasteiger partial charge in [-0.25, -0.2) is 9.18 Å². The van der Waals surface area contributed by atoms with Gasteiger partial charge in [0.25, 0.3) is 5.69 Å². The summed E-state index contributed by atoms with van der Waals surface area (Å²) in [7, 11) is 1.26. The number of benzene rings is 2. The van der Waals surface area contributed by atoms with E-state index in [2.05, 4.69) is 0 Å². The molecule has 0 bridgehead atoms. The van der Waals surface area contributed by atoms with Crippen molar-refractivity contribution in [1.82, 2.24) is 4.90 Å². The van der Waals surface area contributed by atoms with Crippen LogP contribution in [-0.2, 0) is 20.9 Å². The first kappa shape index (κ1) is 21.2. The molecule has 3 rings (SSSR count). The van der Waals surface area contributed by atoms with Crippen LogP contribution >= 0.6 is 0 Å². The molecule has 0 saturated carbocycles. The van der Waals surface area contributed by atoms with Crippen molar-refractivity contribution in [3.63, 3.8) is 0 Å². The molecular formula is C22H21FN2O5. The fraction of sp³-hybridized carbons (Fsp3) is 0.273. The molecule has 0 spiro atoms. The third kappa shape index (κ3) is 4.22. The minimum absolute atomic E-state index is 0.0354. The predicted molar refractivity (Wildman–Crippen MR) is 107 cm³/mol. The number of nitrogens with zero attached hydrogens (tertiary/aromatic N) is 2. The Labute approximate surface area is 172 Å². The van der Waals surface area contributed by atoms with Gasteiger partial charge in [0.15, 0.2) is 0 Å². The number of hydrogen-bond donors (Lipinski definition) is 0. The topological polar surface area (TPSA) is 89.8 Å². The number of methoxy groups -OCH3 is 1. The van der Waals surface area contributed by atoms with Gasteiger partial charge in [-0.05, 0) is 29.7 Å². The van der Waals surface area contributed by atoms with Crippen molar-refractivity contribution in [2.75, 3.05) is 7.11 Å². The Hall–Kier alpha value is -3.55. The fourth-order valence-corrected chi connectivity index (χ4v) is 3.78. The fourth-order valence-electron chi connectivity index (χ4n) is 3.78. The monoisotopic (exact) mass is 412 g/mol. The lowest BCUT2D eigenvalue weighted by Crippen LogP contribution is -2.38. The second kappa shape index (κ2) is 8.86. The highest BCUT2D eigenvalue weighted by Crippen LogP contribution is 2.39.